The third-order valence-corrected chi connectivity index (χ3v) is 2.64. The number of nitrogens with one attached hydrogen (secondary N) is 2. The Morgan fingerprint density at radius 1 is 1.30 bits per heavy atom. The SMILES string of the molecule is N=C1C(=O)C=C(Nc2cccc(O)c2)C(O)=C1C(N)=O. The Labute approximate surface area is 113 Å². The molecular weight excluding hydrogens is 262 g/mol. The van der Waals surface area contributed by atoms with Crippen LogP contribution in [0.15, 0.2) is 47.4 Å². The van der Waals surface area contributed by atoms with E-state index >= 15 is 0 Å². The van der Waals surface area contributed by atoms with E-state index in [2.05, 4.69) is 5.32 Å². The normalized spacial score (nSPS) is 15.1. The molecule has 20 heavy (non-hydrogen) atoms. The fourth-order valence-corrected chi connectivity index (χ4v) is 1.72. The lowest BCUT2D eigenvalue weighted by molar-refractivity contribution is -0.115. The Bertz CT molecular complexity index is 689. The van der Waals surface area contributed by atoms with Crippen molar-refractivity contribution in [2.45, 2.75) is 0 Å². The molecule has 0 aromatic heterocycles. The molecule has 1 aromatic carbocycles. The maximum Gasteiger partial charge on any atom is 0.254 e. The molecule has 1 aromatic rings. The molecule has 0 saturated carbocycles. The number of phenols is 1. The van der Waals surface area contributed by atoms with Crippen molar-refractivity contribution in [2.24, 2.45) is 5.73 Å². The topological polar surface area (TPSA) is 136 Å². The number of aliphatic hydroxyl groups excluding tert-OH is 1. The van der Waals surface area contributed by atoms with E-state index in [1.807, 2.05) is 0 Å². The summed E-state index contributed by atoms with van der Waals surface area (Å²) in [5.41, 5.74) is 4.18. The molecule has 0 bridgehead atoms. The number of carbonyl (C=O) groups excluding carboxylic acids is 2. The quantitative estimate of drug-likeness (QED) is 0.513. The van der Waals surface area contributed by atoms with Gasteiger partial charge in [-0.3, -0.25) is 15.0 Å². The molecule has 1 aliphatic rings. The molecule has 102 valence electrons. The molecule has 0 saturated heterocycles. The summed E-state index contributed by atoms with van der Waals surface area (Å²) in [6.07, 6.45) is 0.980. The van der Waals surface area contributed by atoms with Crippen LogP contribution in [0.5, 0.6) is 5.75 Å². The van der Waals surface area contributed by atoms with Crippen molar-refractivity contribution in [3.8, 4) is 5.75 Å². The number of benzene rings is 1. The van der Waals surface area contributed by atoms with Gasteiger partial charge in [-0.1, -0.05) is 6.07 Å². The smallest absolute Gasteiger partial charge is 0.254 e. The highest BCUT2D eigenvalue weighted by atomic mass is 16.3. The minimum absolute atomic E-state index is 0.0101. The number of aromatic hydroxyl groups is 1. The van der Waals surface area contributed by atoms with Gasteiger partial charge in [-0.25, -0.2) is 0 Å². The molecule has 0 heterocycles. The minimum atomic E-state index is -1.07. The van der Waals surface area contributed by atoms with Crippen molar-refractivity contribution < 1.29 is 19.8 Å². The molecule has 2 rings (SSSR count). The van der Waals surface area contributed by atoms with Crippen LogP contribution in [0.3, 0.4) is 0 Å². The van der Waals surface area contributed by atoms with Crippen LogP contribution in [0, 0.1) is 5.41 Å². The number of ketones is 1. The summed E-state index contributed by atoms with van der Waals surface area (Å²) in [5, 5.41) is 29.4. The van der Waals surface area contributed by atoms with Gasteiger partial charge < -0.3 is 21.3 Å². The third-order valence-electron chi connectivity index (χ3n) is 2.64. The van der Waals surface area contributed by atoms with Crippen LogP contribution in [0.4, 0.5) is 5.69 Å². The number of hydrogen-bond acceptors (Lipinski definition) is 6. The molecule has 7 nitrogen and oxygen atoms in total. The summed E-state index contributed by atoms with van der Waals surface area (Å²) in [6, 6.07) is 5.96. The number of anilines is 1. The van der Waals surface area contributed by atoms with Gasteiger partial charge in [-0.05, 0) is 12.1 Å². The zero-order valence-electron chi connectivity index (χ0n) is 10.2. The van der Waals surface area contributed by atoms with Crippen molar-refractivity contribution in [1.29, 1.82) is 5.41 Å². The summed E-state index contributed by atoms with van der Waals surface area (Å²) in [5.74, 6) is -2.40. The van der Waals surface area contributed by atoms with Crippen LogP contribution in [-0.2, 0) is 9.59 Å². The van der Waals surface area contributed by atoms with Crippen LogP contribution in [0.2, 0.25) is 0 Å². The zero-order chi connectivity index (χ0) is 14.9. The maximum atomic E-state index is 11.6. The van der Waals surface area contributed by atoms with Crippen LogP contribution in [-0.4, -0.2) is 27.6 Å². The lowest BCUT2D eigenvalue weighted by atomic mass is 9.97. The van der Waals surface area contributed by atoms with E-state index in [4.69, 9.17) is 11.1 Å². The van der Waals surface area contributed by atoms with Gasteiger partial charge in [-0.15, -0.1) is 0 Å². The van der Waals surface area contributed by atoms with Gasteiger partial charge in [0.2, 0.25) is 5.78 Å². The fourth-order valence-electron chi connectivity index (χ4n) is 1.72. The van der Waals surface area contributed by atoms with Gasteiger partial charge in [0.05, 0.1) is 5.70 Å². The summed E-state index contributed by atoms with van der Waals surface area (Å²) in [7, 11) is 0. The number of carbonyl (C=O) groups is 2. The first-order valence-electron chi connectivity index (χ1n) is 5.54. The van der Waals surface area contributed by atoms with Crippen molar-refractivity contribution >= 4 is 23.1 Å². The van der Waals surface area contributed by atoms with Gasteiger partial charge in [-0.2, -0.15) is 0 Å². The first-order valence-corrected chi connectivity index (χ1v) is 5.54. The molecule has 1 aliphatic carbocycles. The first kappa shape index (κ1) is 13.3. The van der Waals surface area contributed by atoms with Crippen molar-refractivity contribution in [1.82, 2.24) is 0 Å². The van der Waals surface area contributed by atoms with E-state index < -0.39 is 28.7 Å². The number of rotatable bonds is 3. The fraction of sp³-hybridized carbons (Fsp3) is 0. The first-order chi connectivity index (χ1) is 9.40. The molecule has 0 unspecified atom stereocenters. The molecule has 7 heteroatoms. The summed E-state index contributed by atoms with van der Waals surface area (Å²) < 4.78 is 0. The highest BCUT2D eigenvalue weighted by Gasteiger charge is 2.29. The largest absolute Gasteiger partial charge is 0.508 e. The minimum Gasteiger partial charge on any atom is -0.508 e. The van der Waals surface area contributed by atoms with E-state index in [0.717, 1.165) is 6.08 Å². The average Bonchev–Trinajstić information content (AvgIpc) is 2.36. The number of allylic oxidation sites excluding steroid dienone is 1. The van der Waals surface area contributed by atoms with Gasteiger partial charge in [0.1, 0.15) is 17.0 Å². The average molecular weight is 273 g/mol. The zero-order valence-corrected chi connectivity index (χ0v) is 10.2. The lowest BCUT2D eigenvalue weighted by Gasteiger charge is -2.17. The van der Waals surface area contributed by atoms with Crippen LogP contribution in [0.1, 0.15) is 0 Å². The predicted molar refractivity (Wildman–Crippen MR) is 71.4 cm³/mol. The second-order valence-corrected chi connectivity index (χ2v) is 4.06. The Morgan fingerprint density at radius 3 is 2.60 bits per heavy atom. The van der Waals surface area contributed by atoms with Crippen molar-refractivity contribution in [3.05, 3.63) is 47.4 Å². The van der Waals surface area contributed by atoms with Crippen LogP contribution < -0.4 is 11.1 Å². The Balaban J connectivity index is 2.41. The van der Waals surface area contributed by atoms with Crippen molar-refractivity contribution in [3.63, 3.8) is 0 Å². The molecule has 0 atom stereocenters. The van der Waals surface area contributed by atoms with Crippen LogP contribution in [0.25, 0.3) is 0 Å². The Morgan fingerprint density at radius 2 is 2.00 bits per heavy atom. The molecule has 0 fully saturated rings. The van der Waals surface area contributed by atoms with E-state index in [1.165, 1.54) is 12.1 Å². The number of primary amides is 1. The molecule has 0 radical (unpaired) electrons. The monoisotopic (exact) mass is 273 g/mol. The number of phenolic OH excluding ortho intramolecular Hbond substituents is 1. The number of aliphatic hydroxyl groups is 1. The van der Waals surface area contributed by atoms with E-state index in [9.17, 15) is 19.8 Å². The molecule has 0 aliphatic heterocycles. The highest BCUT2D eigenvalue weighted by Crippen LogP contribution is 2.23. The van der Waals surface area contributed by atoms with E-state index in [1.54, 1.807) is 12.1 Å². The molecule has 1 amide bonds. The highest BCUT2D eigenvalue weighted by molar-refractivity contribution is 6.54. The lowest BCUT2D eigenvalue weighted by Crippen LogP contribution is -2.31. The summed E-state index contributed by atoms with van der Waals surface area (Å²) in [6.45, 7) is 0. The van der Waals surface area contributed by atoms with Gasteiger partial charge in [0, 0.05) is 17.8 Å². The van der Waals surface area contributed by atoms with E-state index in [-0.39, 0.29) is 11.4 Å². The standard InChI is InChI=1S/C13H11N3O4/c14-11-9(18)5-8(12(19)10(11)13(15)20)16-6-2-1-3-7(17)4-6/h1-5,14,16-17,19H,(H2,15,20). The Kier molecular flexibility index (Phi) is 3.26. The number of hydrogen-bond donors (Lipinski definition) is 5. The second kappa shape index (κ2) is 4.88. The Hall–Kier alpha value is -3.09. The van der Waals surface area contributed by atoms with Gasteiger partial charge in [0.25, 0.3) is 5.91 Å². The number of amides is 1. The second-order valence-electron chi connectivity index (χ2n) is 4.06. The summed E-state index contributed by atoms with van der Waals surface area (Å²) in [4.78, 5) is 22.8. The van der Waals surface area contributed by atoms with Crippen LogP contribution >= 0.6 is 0 Å². The molecule has 0 spiro atoms. The maximum absolute atomic E-state index is 11.6. The van der Waals surface area contributed by atoms with Gasteiger partial charge in [0.15, 0.2) is 5.76 Å². The van der Waals surface area contributed by atoms with Gasteiger partial charge >= 0.3 is 0 Å². The molecular formula is C13H11N3O4. The number of nitrogens with two attached hydrogens (primary N) is 1. The van der Waals surface area contributed by atoms with E-state index in [0.29, 0.717) is 5.69 Å². The van der Waals surface area contributed by atoms with Crippen molar-refractivity contribution in [2.75, 3.05) is 5.32 Å². The molecule has 6 N–H and O–H groups in total. The summed E-state index contributed by atoms with van der Waals surface area (Å²) >= 11 is 0. The predicted octanol–water partition coefficient (Wildman–Crippen LogP) is 0.588. The third kappa shape index (κ3) is 2.37.